The summed E-state index contributed by atoms with van der Waals surface area (Å²) < 4.78 is 4.98. The molecule has 1 rings (SSSR count). The lowest BCUT2D eigenvalue weighted by Gasteiger charge is -2.19. The van der Waals surface area contributed by atoms with Crippen molar-refractivity contribution in [3.05, 3.63) is 0 Å². The summed E-state index contributed by atoms with van der Waals surface area (Å²) in [7, 11) is 2.09. The number of hydrogen-bond donors (Lipinski definition) is 1. The van der Waals surface area contributed by atoms with Crippen LogP contribution in [0.1, 0.15) is 26.7 Å². The molecule has 1 aliphatic heterocycles. The Balaban J connectivity index is 2.16. The maximum absolute atomic E-state index is 11.2. The summed E-state index contributed by atoms with van der Waals surface area (Å²) in [5.41, 5.74) is 0. The van der Waals surface area contributed by atoms with Crippen molar-refractivity contribution < 1.29 is 9.53 Å². The quantitative estimate of drug-likeness (QED) is 0.744. The Bertz CT molecular complexity index is 195. The monoisotopic (exact) mass is 200 g/mol. The topological polar surface area (TPSA) is 41.6 Å². The van der Waals surface area contributed by atoms with E-state index < -0.39 is 0 Å². The Morgan fingerprint density at radius 1 is 1.64 bits per heavy atom. The SMILES string of the molecule is CC(C)OC(=O)NCC1CCCN1C. The molecule has 82 valence electrons. The van der Waals surface area contributed by atoms with E-state index in [1.54, 1.807) is 0 Å². The molecule has 1 unspecified atom stereocenters. The van der Waals surface area contributed by atoms with Crippen LogP contribution < -0.4 is 5.32 Å². The smallest absolute Gasteiger partial charge is 0.407 e. The zero-order valence-corrected chi connectivity index (χ0v) is 9.25. The summed E-state index contributed by atoms with van der Waals surface area (Å²) in [4.78, 5) is 13.4. The lowest BCUT2D eigenvalue weighted by Crippen LogP contribution is -2.39. The van der Waals surface area contributed by atoms with Gasteiger partial charge in [-0.2, -0.15) is 0 Å². The minimum atomic E-state index is -0.305. The summed E-state index contributed by atoms with van der Waals surface area (Å²) in [5.74, 6) is 0. The van der Waals surface area contributed by atoms with Gasteiger partial charge >= 0.3 is 6.09 Å². The molecule has 0 bridgehead atoms. The number of ether oxygens (including phenoxy) is 1. The molecule has 1 heterocycles. The third kappa shape index (κ3) is 3.54. The highest BCUT2D eigenvalue weighted by Gasteiger charge is 2.21. The average molecular weight is 200 g/mol. The Morgan fingerprint density at radius 2 is 2.36 bits per heavy atom. The molecule has 4 nitrogen and oxygen atoms in total. The summed E-state index contributed by atoms with van der Waals surface area (Å²) in [6, 6.07) is 0.481. The van der Waals surface area contributed by atoms with Crippen molar-refractivity contribution in [3.63, 3.8) is 0 Å². The lowest BCUT2D eigenvalue weighted by atomic mass is 10.2. The predicted octanol–water partition coefficient (Wildman–Crippen LogP) is 1.22. The number of carbonyl (C=O) groups excluding carboxylic acids is 1. The van der Waals surface area contributed by atoms with Crippen molar-refractivity contribution in [2.75, 3.05) is 20.1 Å². The van der Waals surface area contributed by atoms with Crippen LogP contribution in [0.15, 0.2) is 0 Å². The van der Waals surface area contributed by atoms with Crippen molar-refractivity contribution in [2.45, 2.75) is 38.8 Å². The summed E-state index contributed by atoms with van der Waals surface area (Å²) in [5, 5.41) is 2.78. The number of alkyl carbamates (subject to hydrolysis) is 1. The molecule has 1 atom stereocenters. The van der Waals surface area contributed by atoms with Crippen molar-refractivity contribution in [2.24, 2.45) is 0 Å². The van der Waals surface area contributed by atoms with E-state index in [9.17, 15) is 4.79 Å². The van der Waals surface area contributed by atoms with Crippen LogP contribution in [0.5, 0.6) is 0 Å². The fourth-order valence-corrected chi connectivity index (χ4v) is 1.69. The van der Waals surface area contributed by atoms with Crippen LogP contribution in [0.25, 0.3) is 0 Å². The highest BCUT2D eigenvalue weighted by Crippen LogP contribution is 2.13. The zero-order chi connectivity index (χ0) is 10.6. The molecule has 1 saturated heterocycles. The van der Waals surface area contributed by atoms with E-state index in [0.717, 1.165) is 6.54 Å². The Kier molecular flexibility index (Phi) is 4.20. The molecule has 0 spiro atoms. The van der Waals surface area contributed by atoms with E-state index in [2.05, 4.69) is 17.3 Å². The minimum absolute atomic E-state index is 0.0451. The van der Waals surface area contributed by atoms with E-state index >= 15 is 0 Å². The van der Waals surface area contributed by atoms with Gasteiger partial charge in [0.1, 0.15) is 0 Å². The maximum atomic E-state index is 11.2. The van der Waals surface area contributed by atoms with E-state index in [1.165, 1.54) is 12.8 Å². The first-order valence-electron chi connectivity index (χ1n) is 5.24. The van der Waals surface area contributed by atoms with Crippen molar-refractivity contribution in [3.8, 4) is 0 Å². The molecule has 4 heteroatoms. The van der Waals surface area contributed by atoms with Crippen LogP contribution in [0.3, 0.4) is 0 Å². The van der Waals surface area contributed by atoms with Gasteiger partial charge in [-0.1, -0.05) is 0 Å². The Hall–Kier alpha value is -0.770. The molecule has 0 radical (unpaired) electrons. The molecule has 0 aliphatic carbocycles. The Labute approximate surface area is 85.6 Å². The van der Waals surface area contributed by atoms with Gasteiger partial charge in [0.15, 0.2) is 0 Å². The highest BCUT2D eigenvalue weighted by molar-refractivity contribution is 5.67. The summed E-state index contributed by atoms with van der Waals surface area (Å²) in [6.45, 7) is 5.52. The van der Waals surface area contributed by atoms with E-state index in [-0.39, 0.29) is 12.2 Å². The average Bonchev–Trinajstić information content (AvgIpc) is 2.46. The minimum Gasteiger partial charge on any atom is -0.447 e. The molecule has 1 amide bonds. The van der Waals surface area contributed by atoms with Crippen LogP contribution >= 0.6 is 0 Å². The first-order valence-corrected chi connectivity index (χ1v) is 5.24. The zero-order valence-electron chi connectivity index (χ0n) is 9.25. The fraction of sp³-hybridized carbons (Fsp3) is 0.900. The second kappa shape index (κ2) is 5.20. The highest BCUT2D eigenvalue weighted by atomic mass is 16.6. The number of likely N-dealkylation sites (N-methyl/N-ethyl adjacent to an activating group) is 1. The number of nitrogens with one attached hydrogen (secondary N) is 1. The molecule has 14 heavy (non-hydrogen) atoms. The Morgan fingerprint density at radius 3 is 2.86 bits per heavy atom. The summed E-state index contributed by atoms with van der Waals surface area (Å²) in [6.07, 6.45) is 2.04. The molecule has 0 aromatic rings. The number of rotatable bonds is 3. The van der Waals surface area contributed by atoms with Crippen molar-refractivity contribution in [1.82, 2.24) is 10.2 Å². The number of carbonyl (C=O) groups is 1. The van der Waals surface area contributed by atoms with Gasteiger partial charge < -0.3 is 15.0 Å². The molecule has 1 aliphatic rings. The third-order valence-corrected chi connectivity index (χ3v) is 2.50. The molecule has 0 saturated carbocycles. The van der Waals surface area contributed by atoms with Crippen LogP contribution in [-0.4, -0.2) is 43.3 Å². The molecular formula is C10H20N2O2. The van der Waals surface area contributed by atoms with Crippen molar-refractivity contribution >= 4 is 6.09 Å². The van der Waals surface area contributed by atoms with Crippen molar-refractivity contribution in [1.29, 1.82) is 0 Å². The molecule has 1 N–H and O–H groups in total. The van der Waals surface area contributed by atoms with Crippen LogP contribution in [-0.2, 0) is 4.74 Å². The van der Waals surface area contributed by atoms with Crippen LogP contribution in [0, 0.1) is 0 Å². The molecule has 0 aromatic heterocycles. The maximum Gasteiger partial charge on any atom is 0.407 e. The fourth-order valence-electron chi connectivity index (χ4n) is 1.69. The van der Waals surface area contributed by atoms with Gasteiger partial charge in [-0.25, -0.2) is 4.79 Å². The van der Waals surface area contributed by atoms with Gasteiger partial charge in [0.05, 0.1) is 6.10 Å². The summed E-state index contributed by atoms with van der Waals surface area (Å²) >= 11 is 0. The normalized spacial score (nSPS) is 22.7. The van der Waals surface area contributed by atoms with Gasteiger partial charge in [-0.15, -0.1) is 0 Å². The first kappa shape index (κ1) is 11.3. The molecule has 1 fully saturated rings. The number of likely N-dealkylation sites (tertiary alicyclic amines) is 1. The third-order valence-electron chi connectivity index (χ3n) is 2.50. The number of hydrogen-bond acceptors (Lipinski definition) is 3. The van der Waals surface area contributed by atoms with Gasteiger partial charge in [0.2, 0.25) is 0 Å². The largest absolute Gasteiger partial charge is 0.447 e. The molecule has 0 aromatic carbocycles. The standard InChI is InChI=1S/C10H20N2O2/c1-8(2)14-10(13)11-7-9-5-4-6-12(9)3/h8-9H,4-7H2,1-3H3,(H,11,13). The van der Waals surface area contributed by atoms with Gasteiger partial charge in [-0.3, -0.25) is 0 Å². The van der Waals surface area contributed by atoms with Gasteiger partial charge in [-0.05, 0) is 40.3 Å². The molecular weight excluding hydrogens is 180 g/mol. The predicted molar refractivity (Wildman–Crippen MR) is 55.3 cm³/mol. The number of nitrogens with zero attached hydrogens (tertiary/aromatic N) is 1. The van der Waals surface area contributed by atoms with Crippen LogP contribution in [0.4, 0.5) is 4.79 Å². The van der Waals surface area contributed by atoms with E-state index in [4.69, 9.17) is 4.74 Å². The second-order valence-electron chi connectivity index (χ2n) is 4.11. The van der Waals surface area contributed by atoms with Gasteiger partial charge in [0, 0.05) is 12.6 Å². The second-order valence-corrected chi connectivity index (χ2v) is 4.11. The first-order chi connectivity index (χ1) is 6.59. The number of amides is 1. The van der Waals surface area contributed by atoms with E-state index in [0.29, 0.717) is 12.6 Å². The van der Waals surface area contributed by atoms with Crippen LogP contribution in [0.2, 0.25) is 0 Å². The van der Waals surface area contributed by atoms with E-state index in [1.807, 2.05) is 13.8 Å². The lowest BCUT2D eigenvalue weighted by molar-refractivity contribution is 0.113. The van der Waals surface area contributed by atoms with Gasteiger partial charge in [0.25, 0.3) is 0 Å².